The zero-order chi connectivity index (χ0) is 17.4. The molecule has 126 valence electrons. The molecule has 0 saturated carbocycles. The SMILES string of the molecule is Cc1c(Cl)cccc1NC(=O)CNC(=O)CCOc1ccccc1. The van der Waals surface area contributed by atoms with Crippen LogP contribution in [0, 0.1) is 6.92 Å². The van der Waals surface area contributed by atoms with Crippen molar-refractivity contribution in [2.24, 2.45) is 0 Å². The van der Waals surface area contributed by atoms with Gasteiger partial charge in [-0.25, -0.2) is 0 Å². The van der Waals surface area contributed by atoms with Gasteiger partial charge in [-0.2, -0.15) is 0 Å². The number of amides is 2. The lowest BCUT2D eigenvalue weighted by Crippen LogP contribution is -2.33. The van der Waals surface area contributed by atoms with E-state index in [9.17, 15) is 9.59 Å². The van der Waals surface area contributed by atoms with Crippen LogP contribution in [0.4, 0.5) is 5.69 Å². The summed E-state index contributed by atoms with van der Waals surface area (Å²) in [7, 11) is 0. The third kappa shape index (κ3) is 5.59. The number of carbonyl (C=O) groups excluding carboxylic acids is 2. The number of anilines is 1. The van der Waals surface area contributed by atoms with E-state index >= 15 is 0 Å². The minimum absolute atomic E-state index is 0.101. The van der Waals surface area contributed by atoms with Gasteiger partial charge >= 0.3 is 0 Å². The second kappa shape index (κ2) is 8.93. The molecule has 0 atom stereocenters. The first-order valence-electron chi connectivity index (χ1n) is 7.56. The molecule has 24 heavy (non-hydrogen) atoms. The number of hydrogen-bond acceptors (Lipinski definition) is 3. The van der Waals surface area contributed by atoms with Crippen LogP contribution in [0.1, 0.15) is 12.0 Å². The first kappa shape index (κ1) is 17.8. The highest BCUT2D eigenvalue weighted by atomic mass is 35.5. The lowest BCUT2D eigenvalue weighted by atomic mass is 10.2. The Bertz CT molecular complexity index is 705. The van der Waals surface area contributed by atoms with Crippen LogP contribution in [-0.4, -0.2) is 25.0 Å². The van der Waals surface area contributed by atoms with E-state index in [0.29, 0.717) is 16.5 Å². The smallest absolute Gasteiger partial charge is 0.243 e. The van der Waals surface area contributed by atoms with Crippen LogP contribution in [-0.2, 0) is 9.59 Å². The van der Waals surface area contributed by atoms with E-state index in [0.717, 1.165) is 5.56 Å². The molecule has 0 radical (unpaired) electrons. The van der Waals surface area contributed by atoms with Crippen LogP contribution >= 0.6 is 11.6 Å². The van der Waals surface area contributed by atoms with Gasteiger partial charge in [-0.1, -0.05) is 35.9 Å². The van der Waals surface area contributed by atoms with Crippen molar-refractivity contribution in [1.29, 1.82) is 0 Å². The van der Waals surface area contributed by atoms with Gasteiger partial charge in [0.05, 0.1) is 19.6 Å². The van der Waals surface area contributed by atoms with Gasteiger partial charge in [-0.05, 0) is 36.8 Å². The standard InChI is InChI=1S/C18H19ClN2O3/c1-13-15(19)8-5-9-16(13)21-18(23)12-20-17(22)10-11-24-14-6-3-2-4-7-14/h2-9H,10-12H2,1H3,(H,20,22)(H,21,23). The molecule has 0 aliphatic rings. The highest BCUT2D eigenvalue weighted by Crippen LogP contribution is 2.22. The Kier molecular flexibility index (Phi) is 6.63. The average Bonchev–Trinajstić information content (AvgIpc) is 2.58. The van der Waals surface area contributed by atoms with E-state index in [1.807, 2.05) is 37.3 Å². The number of rotatable bonds is 7. The van der Waals surface area contributed by atoms with Crippen LogP contribution in [0.25, 0.3) is 0 Å². The second-order valence-corrected chi connectivity index (χ2v) is 5.56. The molecule has 2 amide bonds. The van der Waals surface area contributed by atoms with E-state index in [-0.39, 0.29) is 31.4 Å². The molecule has 0 aliphatic heterocycles. The molecule has 5 nitrogen and oxygen atoms in total. The number of halogens is 1. The molecule has 0 aromatic heterocycles. The molecule has 2 aromatic rings. The Morgan fingerprint density at radius 1 is 1.04 bits per heavy atom. The van der Waals surface area contributed by atoms with Crippen LogP contribution in [0.3, 0.4) is 0 Å². The lowest BCUT2D eigenvalue weighted by molar-refractivity contribution is -0.124. The first-order chi connectivity index (χ1) is 11.6. The van der Waals surface area contributed by atoms with Crippen molar-refractivity contribution in [1.82, 2.24) is 5.32 Å². The van der Waals surface area contributed by atoms with Crippen LogP contribution in [0.15, 0.2) is 48.5 Å². The maximum atomic E-state index is 11.9. The Morgan fingerprint density at radius 3 is 2.54 bits per heavy atom. The van der Waals surface area contributed by atoms with Crippen molar-refractivity contribution in [3.63, 3.8) is 0 Å². The molecule has 6 heteroatoms. The fraction of sp³-hybridized carbons (Fsp3) is 0.222. The number of ether oxygens (including phenoxy) is 1. The molecule has 0 saturated heterocycles. The zero-order valence-corrected chi connectivity index (χ0v) is 14.1. The fourth-order valence-electron chi connectivity index (χ4n) is 1.98. The highest BCUT2D eigenvalue weighted by molar-refractivity contribution is 6.31. The van der Waals surface area contributed by atoms with E-state index in [1.54, 1.807) is 18.2 Å². The topological polar surface area (TPSA) is 67.4 Å². The Labute approximate surface area is 146 Å². The molecule has 0 unspecified atom stereocenters. The summed E-state index contributed by atoms with van der Waals surface area (Å²) in [6.45, 7) is 1.97. The molecule has 2 N–H and O–H groups in total. The fourth-order valence-corrected chi connectivity index (χ4v) is 2.16. The summed E-state index contributed by atoms with van der Waals surface area (Å²) in [6, 6.07) is 14.5. The monoisotopic (exact) mass is 346 g/mol. The van der Waals surface area contributed by atoms with Gasteiger partial charge in [0.15, 0.2) is 0 Å². The van der Waals surface area contributed by atoms with Crippen molar-refractivity contribution >= 4 is 29.1 Å². The maximum absolute atomic E-state index is 11.9. The predicted molar refractivity (Wildman–Crippen MR) is 94.4 cm³/mol. The summed E-state index contributed by atoms with van der Waals surface area (Å²) in [5, 5.41) is 5.86. The average molecular weight is 347 g/mol. The minimum Gasteiger partial charge on any atom is -0.493 e. The summed E-state index contributed by atoms with van der Waals surface area (Å²) in [5.41, 5.74) is 1.42. The lowest BCUT2D eigenvalue weighted by Gasteiger charge is -2.10. The molecule has 0 spiro atoms. The summed E-state index contributed by atoms with van der Waals surface area (Å²) >= 11 is 6.00. The molecule has 0 aliphatic carbocycles. The summed E-state index contributed by atoms with van der Waals surface area (Å²) in [5.74, 6) is 0.154. The van der Waals surface area contributed by atoms with Gasteiger partial charge in [0.2, 0.25) is 11.8 Å². The third-order valence-corrected chi connectivity index (χ3v) is 3.74. The maximum Gasteiger partial charge on any atom is 0.243 e. The van der Waals surface area contributed by atoms with E-state index in [4.69, 9.17) is 16.3 Å². The van der Waals surface area contributed by atoms with Crippen LogP contribution < -0.4 is 15.4 Å². The molecule has 0 bridgehead atoms. The summed E-state index contributed by atoms with van der Waals surface area (Å²) < 4.78 is 5.43. The second-order valence-electron chi connectivity index (χ2n) is 5.15. The van der Waals surface area contributed by atoms with Crippen molar-refractivity contribution in [3.8, 4) is 5.75 Å². The number of hydrogen-bond donors (Lipinski definition) is 2. The molecule has 0 heterocycles. The number of benzene rings is 2. The number of nitrogens with one attached hydrogen (secondary N) is 2. The summed E-state index contributed by atoms with van der Waals surface area (Å²) in [4.78, 5) is 23.6. The molecular formula is C18H19ClN2O3. The van der Waals surface area contributed by atoms with Crippen LogP contribution in [0.2, 0.25) is 5.02 Å². The first-order valence-corrected chi connectivity index (χ1v) is 7.93. The van der Waals surface area contributed by atoms with Gasteiger partial charge in [0, 0.05) is 10.7 Å². The van der Waals surface area contributed by atoms with Gasteiger partial charge in [-0.15, -0.1) is 0 Å². The van der Waals surface area contributed by atoms with Crippen molar-refractivity contribution in [3.05, 3.63) is 59.1 Å². The van der Waals surface area contributed by atoms with Crippen LogP contribution in [0.5, 0.6) is 5.75 Å². The van der Waals surface area contributed by atoms with Gasteiger partial charge in [0.1, 0.15) is 5.75 Å². The molecule has 0 fully saturated rings. The summed E-state index contributed by atoms with van der Waals surface area (Å²) in [6.07, 6.45) is 0.179. The zero-order valence-electron chi connectivity index (χ0n) is 13.3. The normalized spacial score (nSPS) is 10.1. The number of carbonyl (C=O) groups is 2. The van der Waals surface area contributed by atoms with E-state index in [2.05, 4.69) is 10.6 Å². The van der Waals surface area contributed by atoms with Crippen molar-refractivity contribution in [2.75, 3.05) is 18.5 Å². The Balaban J connectivity index is 1.69. The van der Waals surface area contributed by atoms with E-state index in [1.165, 1.54) is 0 Å². The van der Waals surface area contributed by atoms with Crippen molar-refractivity contribution in [2.45, 2.75) is 13.3 Å². The van der Waals surface area contributed by atoms with Gasteiger partial charge in [0.25, 0.3) is 0 Å². The van der Waals surface area contributed by atoms with Gasteiger partial charge < -0.3 is 15.4 Å². The number of para-hydroxylation sites is 1. The van der Waals surface area contributed by atoms with Gasteiger partial charge in [-0.3, -0.25) is 9.59 Å². The quantitative estimate of drug-likeness (QED) is 0.809. The Hall–Kier alpha value is -2.53. The van der Waals surface area contributed by atoms with E-state index < -0.39 is 0 Å². The third-order valence-electron chi connectivity index (χ3n) is 3.33. The predicted octanol–water partition coefficient (Wildman–Crippen LogP) is 3.17. The molecular weight excluding hydrogens is 328 g/mol. The van der Waals surface area contributed by atoms with Crippen molar-refractivity contribution < 1.29 is 14.3 Å². The minimum atomic E-state index is -0.308. The molecule has 2 aromatic carbocycles. The Morgan fingerprint density at radius 2 is 1.79 bits per heavy atom. The largest absolute Gasteiger partial charge is 0.493 e. The molecule has 2 rings (SSSR count). The highest BCUT2D eigenvalue weighted by Gasteiger charge is 2.08.